The maximum atomic E-state index is 6.04. The quantitative estimate of drug-likeness (QED) is 0.272. The highest BCUT2D eigenvalue weighted by molar-refractivity contribution is 14.0. The minimum atomic E-state index is -0.221. The van der Waals surface area contributed by atoms with Gasteiger partial charge in [-0.2, -0.15) is 5.10 Å². The Balaban J connectivity index is 0.00000364. The summed E-state index contributed by atoms with van der Waals surface area (Å²) >= 11 is 0. The number of rotatable bonds is 7. The summed E-state index contributed by atoms with van der Waals surface area (Å²) in [5, 5.41) is 11.0. The molecule has 150 valence electrons. The molecule has 0 aliphatic carbocycles. The van der Waals surface area contributed by atoms with E-state index in [0.29, 0.717) is 6.54 Å². The molecule has 2 rings (SSSR count). The molecule has 6 nitrogen and oxygen atoms in total. The van der Waals surface area contributed by atoms with E-state index in [1.54, 1.807) is 7.05 Å². The third-order valence-corrected chi connectivity index (χ3v) is 3.68. The van der Waals surface area contributed by atoms with Crippen molar-refractivity contribution in [3.63, 3.8) is 0 Å². The van der Waals surface area contributed by atoms with Crippen molar-refractivity contribution in [2.45, 2.75) is 52.8 Å². The molecule has 7 heteroatoms. The van der Waals surface area contributed by atoms with E-state index in [-0.39, 0.29) is 29.6 Å². The van der Waals surface area contributed by atoms with Gasteiger partial charge in [0.1, 0.15) is 11.4 Å². The zero-order valence-corrected chi connectivity index (χ0v) is 19.3. The van der Waals surface area contributed by atoms with Gasteiger partial charge in [0.15, 0.2) is 5.96 Å². The lowest BCUT2D eigenvalue weighted by Crippen LogP contribution is -2.37. The molecule has 0 aliphatic rings. The van der Waals surface area contributed by atoms with Gasteiger partial charge in [-0.1, -0.05) is 18.2 Å². The SMILES string of the molecule is CN=C(NCCCn1cc(C)cn1)NCc1ccccc1OC(C)(C)C.I. The van der Waals surface area contributed by atoms with Gasteiger partial charge < -0.3 is 15.4 Å². The number of benzene rings is 1. The van der Waals surface area contributed by atoms with Crippen LogP contribution in [0.15, 0.2) is 41.7 Å². The minimum Gasteiger partial charge on any atom is -0.488 e. The maximum Gasteiger partial charge on any atom is 0.191 e. The summed E-state index contributed by atoms with van der Waals surface area (Å²) in [4.78, 5) is 4.29. The van der Waals surface area contributed by atoms with Crippen molar-refractivity contribution in [2.24, 2.45) is 4.99 Å². The summed E-state index contributed by atoms with van der Waals surface area (Å²) in [5.41, 5.74) is 2.07. The second-order valence-electron chi connectivity index (χ2n) is 7.31. The lowest BCUT2D eigenvalue weighted by atomic mass is 10.1. The van der Waals surface area contributed by atoms with Crippen LogP contribution in [0.2, 0.25) is 0 Å². The van der Waals surface area contributed by atoms with Gasteiger partial charge in [0.05, 0.1) is 6.20 Å². The number of halogens is 1. The first-order chi connectivity index (χ1) is 12.4. The van der Waals surface area contributed by atoms with E-state index in [1.807, 2.05) is 29.1 Å². The lowest BCUT2D eigenvalue weighted by Gasteiger charge is -2.23. The second kappa shape index (κ2) is 11.2. The number of nitrogens with one attached hydrogen (secondary N) is 2. The van der Waals surface area contributed by atoms with Gasteiger partial charge in [0.25, 0.3) is 0 Å². The average Bonchev–Trinajstić information content (AvgIpc) is 2.99. The largest absolute Gasteiger partial charge is 0.488 e. The van der Waals surface area contributed by atoms with Crippen LogP contribution in [0.4, 0.5) is 0 Å². The fraction of sp³-hybridized carbons (Fsp3) is 0.500. The predicted molar refractivity (Wildman–Crippen MR) is 122 cm³/mol. The third-order valence-electron chi connectivity index (χ3n) is 3.68. The first kappa shape index (κ1) is 23.3. The maximum absolute atomic E-state index is 6.04. The fourth-order valence-corrected chi connectivity index (χ4v) is 2.52. The molecular formula is C20H32IN5O. The lowest BCUT2D eigenvalue weighted by molar-refractivity contribution is 0.129. The smallest absolute Gasteiger partial charge is 0.191 e. The monoisotopic (exact) mass is 485 g/mol. The second-order valence-corrected chi connectivity index (χ2v) is 7.31. The van der Waals surface area contributed by atoms with Crippen LogP contribution in [0.3, 0.4) is 0 Å². The molecule has 27 heavy (non-hydrogen) atoms. The van der Waals surface area contributed by atoms with E-state index >= 15 is 0 Å². The first-order valence-electron chi connectivity index (χ1n) is 9.08. The number of aryl methyl sites for hydroxylation is 2. The molecular weight excluding hydrogens is 453 g/mol. The number of ether oxygens (including phenoxy) is 1. The Bertz CT molecular complexity index is 721. The van der Waals surface area contributed by atoms with Gasteiger partial charge in [-0.25, -0.2) is 0 Å². The Labute approximate surface area is 179 Å². The molecule has 0 fully saturated rings. The van der Waals surface area contributed by atoms with E-state index in [9.17, 15) is 0 Å². The van der Waals surface area contributed by atoms with Crippen molar-refractivity contribution in [1.29, 1.82) is 0 Å². The number of nitrogens with zero attached hydrogens (tertiary/aromatic N) is 3. The van der Waals surface area contributed by atoms with Crippen molar-refractivity contribution < 1.29 is 4.74 Å². The Hall–Kier alpha value is -1.77. The molecule has 2 N–H and O–H groups in total. The van der Waals surface area contributed by atoms with E-state index in [2.05, 4.69) is 60.7 Å². The van der Waals surface area contributed by atoms with Crippen LogP contribution in [0.5, 0.6) is 5.75 Å². The molecule has 2 aromatic rings. The van der Waals surface area contributed by atoms with Gasteiger partial charge in [-0.3, -0.25) is 9.67 Å². The Morgan fingerprint density at radius 2 is 1.96 bits per heavy atom. The molecule has 1 aromatic heterocycles. The number of hydrogen-bond acceptors (Lipinski definition) is 3. The summed E-state index contributed by atoms with van der Waals surface area (Å²) < 4.78 is 8.00. The molecule has 0 saturated heterocycles. The Kier molecular flexibility index (Phi) is 9.62. The first-order valence-corrected chi connectivity index (χ1v) is 9.08. The zero-order valence-electron chi connectivity index (χ0n) is 17.0. The Morgan fingerprint density at radius 1 is 1.22 bits per heavy atom. The molecule has 0 bridgehead atoms. The van der Waals surface area contributed by atoms with Crippen molar-refractivity contribution in [3.05, 3.63) is 47.8 Å². The predicted octanol–water partition coefficient (Wildman–Crippen LogP) is 3.74. The van der Waals surface area contributed by atoms with Gasteiger partial charge in [0.2, 0.25) is 0 Å². The number of aliphatic imine (C=N–C) groups is 1. The molecule has 1 aromatic carbocycles. The highest BCUT2D eigenvalue weighted by atomic mass is 127. The summed E-state index contributed by atoms with van der Waals surface area (Å²) in [7, 11) is 1.78. The van der Waals surface area contributed by atoms with Crippen LogP contribution in [-0.4, -0.2) is 34.9 Å². The van der Waals surface area contributed by atoms with Gasteiger partial charge in [-0.05, 0) is 45.7 Å². The minimum absolute atomic E-state index is 0. The van der Waals surface area contributed by atoms with E-state index in [4.69, 9.17) is 4.74 Å². The van der Waals surface area contributed by atoms with Crippen LogP contribution in [0.1, 0.15) is 38.3 Å². The van der Waals surface area contributed by atoms with E-state index in [1.165, 1.54) is 5.56 Å². The molecule has 0 aliphatic heterocycles. The van der Waals surface area contributed by atoms with Crippen LogP contribution in [-0.2, 0) is 13.1 Å². The number of hydrogen-bond donors (Lipinski definition) is 2. The zero-order chi connectivity index (χ0) is 19.0. The van der Waals surface area contributed by atoms with Crippen molar-refractivity contribution >= 4 is 29.9 Å². The highest BCUT2D eigenvalue weighted by Crippen LogP contribution is 2.22. The van der Waals surface area contributed by atoms with Gasteiger partial charge in [-0.15, -0.1) is 24.0 Å². The van der Waals surface area contributed by atoms with Crippen molar-refractivity contribution in [2.75, 3.05) is 13.6 Å². The Morgan fingerprint density at radius 3 is 2.59 bits per heavy atom. The molecule has 0 radical (unpaired) electrons. The van der Waals surface area contributed by atoms with E-state index in [0.717, 1.165) is 36.8 Å². The normalized spacial score (nSPS) is 11.7. The average molecular weight is 485 g/mol. The molecule has 0 unspecified atom stereocenters. The number of aromatic nitrogens is 2. The molecule has 1 heterocycles. The topological polar surface area (TPSA) is 63.5 Å². The molecule has 0 amide bonds. The van der Waals surface area contributed by atoms with Crippen LogP contribution in [0, 0.1) is 6.92 Å². The fourth-order valence-electron chi connectivity index (χ4n) is 2.52. The molecule has 0 saturated carbocycles. The summed E-state index contributed by atoms with van der Waals surface area (Å²) in [6.07, 6.45) is 4.91. The highest BCUT2D eigenvalue weighted by Gasteiger charge is 2.14. The van der Waals surface area contributed by atoms with Crippen LogP contribution < -0.4 is 15.4 Å². The third kappa shape index (κ3) is 8.64. The number of guanidine groups is 1. The summed E-state index contributed by atoms with van der Waals surface area (Å²) in [6.45, 7) is 10.6. The number of para-hydroxylation sites is 1. The summed E-state index contributed by atoms with van der Waals surface area (Å²) in [5.74, 6) is 1.68. The molecule has 0 atom stereocenters. The van der Waals surface area contributed by atoms with Crippen LogP contribution >= 0.6 is 24.0 Å². The standard InChI is InChI=1S/C20H31N5O.HI/c1-16-13-24-25(15-16)12-8-11-22-19(21-5)23-14-17-9-6-7-10-18(17)26-20(2,3)4;/h6-7,9-10,13,15H,8,11-12,14H2,1-5H3,(H2,21,22,23);1H. The van der Waals surface area contributed by atoms with Crippen molar-refractivity contribution in [1.82, 2.24) is 20.4 Å². The van der Waals surface area contributed by atoms with Gasteiger partial charge in [0, 0.05) is 38.4 Å². The molecule has 0 spiro atoms. The van der Waals surface area contributed by atoms with Crippen molar-refractivity contribution in [3.8, 4) is 5.75 Å². The van der Waals surface area contributed by atoms with Gasteiger partial charge >= 0.3 is 0 Å². The van der Waals surface area contributed by atoms with Crippen LogP contribution in [0.25, 0.3) is 0 Å². The summed E-state index contributed by atoms with van der Waals surface area (Å²) in [6, 6.07) is 8.09. The van der Waals surface area contributed by atoms with E-state index < -0.39 is 0 Å².